The SMILES string of the molecule is COc1ccc(C=C2SC(=S)NC2=O)cc1-c1ccc2c(=O)cc[nH]c2c1. The molecule has 5 nitrogen and oxygen atoms in total. The van der Waals surface area contributed by atoms with E-state index in [1.807, 2.05) is 30.3 Å². The number of pyridine rings is 1. The molecule has 1 aromatic heterocycles. The summed E-state index contributed by atoms with van der Waals surface area (Å²) in [5.74, 6) is 0.513. The number of carbonyl (C=O) groups is 1. The Kier molecular flexibility index (Phi) is 4.55. The van der Waals surface area contributed by atoms with Crippen molar-refractivity contribution in [3.63, 3.8) is 0 Å². The summed E-state index contributed by atoms with van der Waals surface area (Å²) >= 11 is 6.27. The molecular weight excluding hydrogens is 380 g/mol. The molecule has 0 unspecified atom stereocenters. The molecule has 3 aromatic rings. The average molecular weight is 394 g/mol. The number of amides is 1. The number of benzene rings is 2. The van der Waals surface area contributed by atoms with Gasteiger partial charge in [-0.05, 0) is 41.5 Å². The number of rotatable bonds is 3. The van der Waals surface area contributed by atoms with Crippen LogP contribution in [-0.2, 0) is 4.79 Å². The lowest BCUT2D eigenvalue weighted by atomic mass is 10.00. The van der Waals surface area contributed by atoms with Gasteiger partial charge < -0.3 is 15.0 Å². The predicted molar refractivity (Wildman–Crippen MR) is 113 cm³/mol. The number of thiocarbonyl (C=S) groups is 1. The van der Waals surface area contributed by atoms with Crippen molar-refractivity contribution in [3.8, 4) is 16.9 Å². The molecule has 134 valence electrons. The van der Waals surface area contributed by atoms with Crippen molar-refractivity contribution in [2.45, 2.75) is 0 Å². The number of H-pyrrole nitrogens is 1. The molecule has 0 aliphatic carbocycles. The number of ether oxygens (including phenoxy) is 1. The molecule has 0 atom stereocenters. The van der Waals surface area contributed by atoms with Crippen LogP contribution in [0.25, 0.3) is 28.1 Å². The molecule has 2 aromatic carbocycles. The number of aromatic amines is 1. The number of fused-ring (bicyclic) bond motifs is 1. The van der Waals surface area contributed by atoms with Gasteiger partial charge in [-0.3, -0.25) is 9.59 Å². The number of aromatic nitrogens is 1. The first-order chi connectivity index (χ1) is 13.0. The standard InChI is InChI=1S/C20H14N2O3S2/c1-25-17-5-2-11(9-18-19(24)22-20(26)27-18)8-14(17)12-3-4-13-15(10-12)21-7-6-16(13)23/h2-10H,1H3,(H,21,23)(H,22,24,26). The lowest BCUT2D eigenvalue weighted by Crippen LogP contribution is -2.17. The summed E-state index contributed by atoms with van der Waals surface area (Å²) in [6.45, 7) is 0. The minimum atomic E-state index is -0.189. The Morgan fingerprint density at radius 3 is 2.70 bits per heavy atom. The van der Waals surface area contributed by atoms with Gasteiger partial charge >= 0.3 is 0 Å². The van der Waals surface area contributed by atoms with Crippen LogP contribution in [0.2, 0.25) is 0 Å². The molecule has 1 saturated heterocycles. The van der Waals surface area contributed by atoms with E-state index in [4.69, 9.17) is 17.0 Å². The van der Waals surface area contributed by atoms with Crippen molar-refractivity contribution >= 4 is 51.2 Å². The number of nitrogens with one attached hydrogen (secondary N) is 2. The zero-order valence-electron chi connectivity index (χ0n) is 14.2. The number of carbonyl (C=O) groups excluding carboxylic acids is 1. The van der Waals surface area contributed by atoms with Crippen LogP contribution >= 0.6 is 24.0 Å². The van der Waals surface area contributed by atoms with Crippen LogP contribution in [-0.4, -0.2) is 22.3 Å². The molecule has 4 rings (SSSR count). The second-order valence-electron chi connectivity index (χ2n) is 5.91. The van der Waals surface area contributed by atoms with Crippen LogP contribution in [0.3, 0.4) is 0 Å². The van der Waals surface area contributed by atoms with Crippen molar-refractivity contribution in [3.05, 3.63) is 69.4 Å². The maximum atomic E-state index is 12.0. The molecule has 1 aliphatic rings. The molecule has 0 radical (unpaired) electrons. The van der Waals surface area contributed by atoms with Gasteiger partial charge in [-0.25, -0.2) is 0 Å². The quantitative estimate of drug-likeness (QED) is 0.524. The largest absolute Gasteiger partial charge is 0.496 e. The molecule has 2 N–H and O–H groups in total. The van der Waals surface area contributed by atoms with Gasteiger partial charge in [0.15, 0.2) is 5.43 Å². The summed E-state index contributed by atoms with van der Waals surface area (Å²) in [7, 11) is 1.61. The van der Waals surface area contributed by atoms with E-state index >= 15 is 0 Å². The molecule has 0 spiro atoms. The third-order valence-corrected chi connectivity index (χ3v) is 5.40. The van der Waals surface area contributed by atoms with Crippen LogP contribution < -0.4 is 15.5 Å². The number of thioether (sulfide) groups is 1. The van der Waals surface area contributed by atoms with E-state index in [-0.39, 0.29) is 11.3 Å². The van der Waals surface area contributed by atoms with E-state index in [1.165, 1.54) is 17.8 Å². The molecular formula is C20H14N2O3S2. The minimum Gasteiger partial charge on any atom is -0.496 e. The summed E-state index contributed by atoms with van der Waals surface area (Å²) in [4.78, 5) is 27.5. The molecule has 7 heteroatoms. The molecule has 1 fully saturated rings. The van der Waals surface area contributed by atoms with E-state index in [2.05, 4.69) is 10.3 Å². The highest BCUT2D eigenvalue weighted by Crippen LogP contribution is 2.34. The zero-order valence-corrected chi connectivity index (χ0v) is 15.9. The van der Waals surface area contributed by atoms with Crippen LogP contribution in [0.4, 0.5) is 0 Å². The van der Waals surface area contributed by atoms with Gasteiger partial charge in [0, 0.05) is 28.7 Å². The summed E-state index contributed by atoms with van der Waals surface area (Å²) < 4.78 is 5.96. The first kappa shape index (κ1) is 17.5. The van der Waals surface area contributed by atoms with E-state index in [1.54, 1.807) is 25.4 Å². The van der Waals surface area contributed by atoms with Gasteiger partial charge in [-0.15, -0.1) is 0 Å². The minimum absolute atomic E-state index is 0.0269. The van der Waals surface area contributed by atoms with Crippen LogP contribution in [0.1, 0.15) is 5.56 Å². The Labute approximate surface area is 164 Å². The highest BCUT2D eigenvalue weighted by atomic mass is 32.2. The zero-order chi connectivity index (χ0) is 19.0. The summed E-state index contributed by atoms with van der Waals surface area (Å²) in [5, 5.41) is 3.24. The third-order valence-electron chi connectivity index (χ3n) is 4.23. The highest BCUT2D eigenvalue weighted by Gasteiger charge is 2.22. The molecule has 1 amide bonds. The fourth-order valence-corrected chi connectivity index (χ4v) is 4.00. The first-order valence-electron chi connectivity index (χ1n) is 8.10. The number of methoxy groups -OCH3 is 1. The van der Waals surface area contributed by atoms with E-state index in [0.717, 1.165) is 22.2 Å². The second kappa shape index (κ2) is 7.02. The molecule has 0 saturated carbocycles. The highest BCUT2D eigenvalue weighted by molar-refractivity contribution is 8.26. The van der Waals surface area contributed by atoms with Crippen LogP contribution in [0, 0.1) is 0 Å². The third kappa shape index (κ3) is 3.39. The predicted octanol–water partition coefficient (Wildman–Crippen LogP) is 3.69. The Morgan fingerprint density at radius 2 is 1.96 bits per heavy atom. The number of hydrogen-bond acceptors (Lipinski definition) is 5. The first-order valence-corrected chi connectivity index (χ1v) is 9.32. The van der Waals surface area contributed by atoms with E-state index in [0.29, 0.717) is 20.4 Å². The van der Waals surface area contributed by atoms with Crippen molar-refractivity contribution in [2.75, 3.05) is 7.11 Å². The maximum absolute atomic E-state index is 12.0. The van der Waals surface area contributed by atoms with Gasteiger partial charge in [-0.1, -0.05) is 36.1 Å². The van der Waals surface area contributed by atoms with Crippen LogP contribution in [0.5, 0.6) is 5.75 Å². The molecule has 27 heavy (non-hydrogen) atoms. The fourth-order valence-electron chi connectivity index (χ4n) is 2.96. The Balaban J connectivity index is 1.82. The second-order valence-corrected chi connectivity index (χ2v) is 7.63. The summed E-state index contributed by atoms with van der Waals surface area (Å²) in [6, 6.07) is 12.8. The van der Waals surface area contributed by atoms with Gasteiger partial charge in [0.05, 0.1) is 12.0 Å². The van der Waals surface area contributed by atoms with Crippen molar-refractivity contribution in [2.24, 2.45) is 0 Å². The van der Waals surface area contributed by atoms with Crippen molar-refractivity contribution in [1.82, 2.24) is 10.3 Å². The Hall–Kier alpha value is -2.90. The van der Waals surface area contributed by atoms with Crippen molar-refractivity contribution < 1.29 is 9.53 Å². The topological polar surface area (TPSA) is 71.2 Å². The summed E-state index contributed by atoms with van der Waals surface area (Å²) in [5.41, 5.74) is 3.35. The molecule has 2 heterocycles. The molecule has 1 aliphatic heterocycles. The summed E-state index contributed by atoms with van der Waals surface area (Å²) in [6.07, 6.45) is 3.43. The Bertz CT molecular complexity index is 1180. The smallest absolute Gasteiger partial charge is 0.263 e. The lowest BCUT2D eigenvalue weighted by molar-refractivity contribution is -0.115. The van der Waals surface area contributed by atoms with Gasteiger partial charge in [0.2, 0.25) is 0 Å². The van der Waals surface area contributed by atoms with E-state index in [9.17, 15) is 9.59 Å². The van der Waals surface area contributed by atoms with Crippen LogP contribution in [0.15, 0.2) is 58.4 Å². The lowest BCUT2D eigenvalue weighted by Gasteiger charge is -2.11. The monoisotopic (exact) mass is 394 g/mol. The molecule has 0 bridgehead atoms. The van der Waals surface area contributed by atoms with Gasteiger partial charge in [0.25, 0.3) is 5.91 Å². The normalized spacial score (nSPS) is 15.4. The maximum Gasteiger partial charge on any atom is 0.263 e. The number of hydrogen-bond donors (Lipinski definition) is 2. The fraction of sp³-hybridized carbons (Fsp3) is 0.0500. The van der Waals surface area contributed by atoms with E-state index < -0.39 is 0 Å². The van der Waals surface area contributed by atoms with Crippen molar-refractivity contribution in [1.29, 1.82) is 0 Å². The Morgan fingerprint density at radius 1 is 1.11 bits per heavy atom. The van der Waals surface area contributed by atoms with Gasteiger partial charge in [-0.2, -0.15) is 0 Å². The average Bonchev–Trinajstić information content (AvgIpc) is 2.98. The van der Waals surface area contributed by atoms with Gasteiger partial charge in [0.1, 0.15) is 10.1 Å².